The van der Waals surface area contributed by atoms with Crippen molar-refractivity contribution in [3.63, 3.8) is 0 Å². The van der Waals surface area contributed by atoms with Crippen LogP contribution in [-0.4, -0.2) is 5.97 Å². The highest BCUT2D eigenvalue weighted by Crippen LogP contribution is 2.24. The minimum absolute atomic E-state index is 0.0808. The van der Waals surface area contributed by atoms with Crippen molar-refractivity contribution < 1.29 is 9.53 Å². The summed E-state index contributed by atoms with van der Waals surface area (Å²) in [6.07, 6.45) is 14.1. The first-order chi connectivity index (χ1) is 11.2. The van der Waals surface area contributed by atoms with Gasteiger partial charge >= 0.3 is 5.97 Å². The van der Waals surface area contributed by atoms with Crippen LogP contribution in [-0.2, 0) is 9.53 Å². The molecule has 0 fully saturated rings. The van der Waals surface area contributed by atoms with Crippen molar-refractivity contribution >= 4 is 5.97 Å². The molecule has 0 heterocycles. The lowest BCUT2D eigenvalue weighted by Crippen LogP contribution is -2.08. The summed E-state index contributed by atoms with van der Waals surface area (Å²) in [6, 6.07) is 10.1. The van der Waals surface area contributed by atoms with Crippen LogP contribution in [0.5, 0.6) is 0 Å². The lowest BCUT2D eigenvalue weighted by atomic mass is 10.0. The number of ether oxygens (including phenoxy) is 1. The molecule has 0 aliphatic heterocycles. The Kier molecular flexibility index (Phi) is 11.3. The topological polar surface area (TPSA) is 26.3 Å². The third kappa shape index (κ3) is 10.1. The van der Waals surface area contributed by atoms with Crippen LogP contribution in [0.25, 0.3) is 0 Å². The smallest absolute Gasteiger partial charge is 0.303 e. The summed E-state index contributed by atoms with van der Waals surface area (Å²) >= 11 is 0. The first kappa shape index (κ1) is 19.7. The zero-order valence-corrected chi connectivity index (χ0v) is 15.1. The van der Waals surface area contributed by atoms with Crippen LogP contribution < -0.4 is 0 Å². The van der Waals surface area contributed by atoms with E-state index < -0.39 is 0 Å². The molecule has 0 aliphatic rings. The van der Waals surface area contributed by atoms with Crippen molar-refractivity contribution in [1.29, 1.82) is 0 Å². The number of rotatable bonds is 13. The van der Waals surface area contributed by atoms with Crippen LogP contribution in [0.1, 0.15) is 96.1 Å². The molecule has 1 aromatic rings. The Morgan fingerprint density at radius 1 is 0.870 bits per heavy atom. The van der Waals surface area contributed by atoms with E-state index in [4.69, 9.17) is 4.74 Å². The van der Waals surface area contributed by atoms with Crippen molar-refractivity contribution in [3.05, 3.63) is 35.9 Å². The van der Waals surface area contributed by atoms with Crippen LogP contribution in [0.2, 0.25) is 0 Å². The Balaban J connectivity index is 2.12. The lowest BCUT2D eigenvalue weighted by molar-refractivity contribution is -0.147. The fourth-order valence-corrected chi connectivity index (χ4v) is 2.98. The van der Waals surface area contributed by atoms with Gasteiger partial charge in [0.25, 0.3) is 0 Å². The van der Waals surface area contributed by atoms with Gasteiger partial charge in [-0.25, -0.2) is 0 Å². The van der Waals surface area contributed by atoms with Crippen LogP contribution in [0.15, 0.2) is 30.3 Å². The molecule has 0 spiro atoms. The molecule has 2 heteroatoms. The molecule has 130 valence electrons. The largest absolute Gasteiger partial charge is 0.458 e. The maximum absolute atomic E-state index is 11.3. The quantitative estimate of drug-likeness (QED) is 0.302. The van der Waals surface area contributed by atoms with Crippen LogP contribution >= 0.6 is 0 Å². The van der Waals surface area contributed by atoms with Gasteiger partial charge in [-0.3, -0.25) is 4.79 Å². The molecule has 0 N–H and O–H groups in total. The number of benzene rings is 1. The van der Waals surface area contributed by atoms with E-state index in [1.807, 2.05) is 30.3 Å². The predicted octanol–water partition coefficient (Wildman–Crippen LogP) is 6.60. The molecule has 0 amide bonds. The third-order valence-electron chi connectivity index (χ3n) is 4.30. The van der Waals surface area contributed by atoms with Crippen molar-refractivity contribution in [3.8, 4) is 0 Å². The van der Waals surface area contributed by atoms with Gasteiger partial charge in [0.15, 0.2) is 0 Å². The van der Waals surface area contributed by atoms with Crippen LogP contribution in [0.4, 0.5) is 0 Å². The van der Waals surface area contributed by atoms with E-state index in [1.165, 1.54) is 64.7 Å². The van der Waals surface area contributed by atoms with E-state index in [0.717, 1.165) is 18.4 Å². The van der Waals surface area contributed by atoms with Gasteiger partial charge in [-0.05, 0) is 18.4 Å². The standard InChI is InChI=1S/C21H34O2/c1-3-4-5-6-7-8-9-10-11-15-18-21(23-19(2)22)20-16-13-12-14-17-20/h12-14,16-17,21H,3-11,15,18H2,1-2H3. The molecular weight excluding hydrogens is 284 g/mol. The maximum atomic E-state index is 11.3. The number of carbonyl (C=O) groups excluding carboxylic acids is 1. The number of hydrogen-bond acceptors (Lipinski definition) is 2. The lowest BCUT2D eigenvalue weighted by Gasteiger charge is -2.17. The summed E-state index contributed by atoms with van der Waals surface area (Å²) in [5, 5.41) is 0. The predicted molar refractivity (Wildman–Crippen MR) is 97.4 cm³/mol. The van der Waals surface area contributed by atoms with Crippen molar-refractivity contribution in [1.82, 2.24) is 0 Å². The SMILES string of the molecule is CCCCCCCCCCCCC(OC(C)=O)c1ccccc1. The fraction of sp³-hybridized carbons (Fsp3) is 0.667. The van der Waals surface area contributed by atoms with Gasteiger partial charge in [0.05, 0.1) is 0 Å². The summed E-state index contributed by atoms with van der Waals surface area (Å²) in [7, 11) is 0. The second kappa shape index (κ2) is 13.2. The van der Waals surface area contributed by atoms with Crippen molar-refractivity contribution in [2.45, 2.75) is 90.6 Å². The average molecular weight is 319 g/mol. The number of hydrogen-bond donors (Lipinski definition) is 0. The molecule has 2 nitrogen and oxygen atoms in total. The monoisotopic (exact) mass is 318 g/mol. The van der Waals surface area contributed by atoms with E-state index >= 15 is 0 Å². The van der Waals surface area contributed by atoms with Gasteiger partial charge in [0.1, 0.15) is 6.10 Å². The van der Waals surface area contributed by atoms with Gasteiger partial charge in [0.2, 0.25) is 0 Å². The normalized spacial score (nSPS) is 12.1. The maximum Gasteiger partial charge on any atom is 0.303 e. The second-order valence-corrected chi connectivity index (χ2v) is 6.48. The molecule has 1 unspecified atom stereocenters. The summed E-state index contributed by atoms with van der Waals surface area (Å²) in [6.45, 7) is 3.76. The van der Waals surface area contributed by atoms with Crippen molar-refractivity contribution in [2.24, 2.45) is 0 Å². The molecule has 0 bridgehead atoms. The summed E-state index contributed by atoms with van der Waals surface area (Å²) < 4.78 is 5.48. The molecule has 1 atom stereocenters. The summed E-state index contributed by atoms with van der Waals surface area (Å²) in [4.78, 5) is 11.3. The number of esters is 1. The molecule has 23 heavy (non-hydrogen) atoms. The van der Waals surface area contributed by atoms with E-state index in [-0.39, 0.29) is 12.1 Å². The second-order valence-electron chi connectivity index (χ2n) is 6.48. The van der Waals surface area contributed by atoms with E-state index in [0.29, 0.717) is 0 Å². The molecule has 0 radical (unpaired) electrons. The molecule has 0 aromatic heterocycles. The van der Waals surface area contributed by atoms with Gasteiger partial charge in [-0.1, -0.05) is 95.0 Å². The number of carbonyl (C=O) groups is 1. The average Bonchev–Trinajstić information content (AvgIpc) is 2.56. The Morgan fingerprint density at radius 3 is 1.91 bits per heavy atom. The van der Waals surface area contributed by atoms with Gasteiger partial charge in [0, 0.05) is 6.92 Å². The highest BCUT2D eigenvalue weighted by Gasteiger charge is 2.13. The van der Waals surface area contributed by atoms with Gasteiger partial charge in [-0.15, -0.1) is 0 Å². The molecule has 1 aromatic carbocycles. The highest BCUT2D eigenvalue weighted by molar-refractivity contribution is 5.66. The summed E-state index contributed by atoms with van der Waals surface area (Å²) in [5.41, 5.74) is 1.11. The van der Waals surface area contributed by atoms with Gasteiger partial charge in [-0.2, -0.15) is 0 Å². The van der Waals surface area contributed by atoms with Gasteiger partial charge < -0.3 is 4.74 Å². The summed E-state index contributed by atoms with van der Waals surface area (Å²) in [5.74, 6) is -0.189. The zero-order chi connectivity index (χ0) is 16.8. The highest BCUT2D eigenvalue weighted by atomic mass is 16.5. The molecule has 0 saturated heterocycles. The van der Waals surface area contributed by atoms with E-state index in [9.17, 15) is 4.79 Å². The Bertz CT molecular complexity index is 400. The first-order valence-electron chi connectivity index (χ1n) is 9.46. The molecule has 0 aliphatic carbocycles. The Hall–Kier alpha value is -1.31. The van der Waals surface area contributed by atoms with Crippen LogP contribution in [0.3, 0.4) is 0 Å². The molecular formula is C21H34O2. The third-order valence-corrected chi connectivity index (χ3v) is 4.30. The first-order valence-corrected chi connectivity index (χ1v) is 9.46. The van der Waals surface area contributed by atoms with Crippen molar-refractivity contribution in [2.75, 3.05) is 0 Å². The van der Waals surface area contributed by atoms with E-state index in [1.54, 1.807) is 0 Å². The van der Waals surface area contributed by atoms with E-state index in [2.05, 4.69) is 6.92 Å². The zero-order valence-electron chi connectivity index (χ0n) is 15.1. The van der Waals surface area contributed by atoms with Crippen LogP contribution in [0, 0.1) is 0 Å². The number of unbranched alkanes of at least 4 members (excludes halogenated alkanes) is 9. The Labute approximate surface area is 142 Å². The Morgan fingerprint density at radius 2 is 1.39 bits per heavy atom. The molecule has 1 rings (SSSR count). The minimum atomic E-state index is -0.189. The minimum Gasteiger partial charge on any atom is -0.458 e. The molecule has 0 saturated carbocycles. The fourth-order valence-electron chi connectivity index (χ4n) is 2.98.